The van der Waals surface area contributed by atoms with E-state index in [2.05, 4.69) is 9.80 Å². The van der Waals surface area contributed by atoms with E-state index in [1.165, 1.54) is 4.90 Å². The van der Waals surface area contributed by atoms with Crippen LogP contribution in [-0.2, 0) is 9.59 Å². The van der Waals surface area contributed by atoms with Crippen molar-refractivity contribution in [3.05, 3.63) is 46.5 Å². The number of hydrogen-bond acceptors (Lipinski definition) is 6. The van der Waals surface area contributed by atoms with Crippen LogP contribution in [0.15, 0.2) is 36.4 Å². The molecule has 2 fully saturated rings. The summed E-state index contributed by atoms with van der Waals surface area (Å²) in [6.45, 7) is 4.87. The van der Waals surface area contributed by atoms with Gasteiger partial charge in [-0.15, -0.1) is 0 Å². The number of likely N-dealkylation sites (tertiary alicyclic amines) is 1. The summed E-state index contributed by atoms with van der Waals surface area (Å²) in [6.07, 6.45) is 6.20. The molecule has 3 aliphatic rings. The third-order valence-electron chi connectivity index (χ3n) is 6.25. The molecule has 2 heterocycles. The molecule has 1 aromatic rings. The zero-order valence-corrected chi connectivity index (χ0v) is 16.4. The minimum atomic E-state index is -0.386. The van der Waals surface area contributed by atoms with Gasteiger partial charge < -0.3 is 4.90 Å². The Balaban J connectivity index is 1.22. The monoisotopic (exact) mass is 398 g/mol. The highest BCUT2D eigenvalue weighted by molar-refractivity contribution is 6.05. The Morgan fingerprint density at radius 3 is 2.03 bits per heavy atom. The Morgan fingerprint density at radius 2 is 1.48 bits per heavy atom. The molecule has 2 aliphatic heterocycles. The lowest BCUT2D eigenvalue weighted by molar-refractivity contribution is -0.384. The van der Waals surface area contributed by atoms with Crippen molar-refractivity contribution in [1.29, 1.82) is 0 Å². The van der Waals surface area contributed by atoms with E-state index in [0.717, 1.165) is 44.8 Å². The molecular formula is C21H26N4O4. The van der Waals surface area contributed by atoms with Crippen LogP contribution in [0.3, 0.4) is 0 Å². The maximum Gasteiger partial charge on any atom is 0.269 e. The van der Waals surface area contributed by atoms with Crippen LogP contribution in [-0.4, -0.2) is 65.8 Å². The van der Waals surface area contributed by atoms with Crippen LogP contribution in [0, 0.1) is 22.0 Å². The molecule has 8 nitrogen and oxygen atoms in total. The third-order valence-corrected chi connectivity index (χ3v) is 6.25. The van der Waals surface area contributed by atoms with E-state index < -0.39 is 0 Å². The second-order valence-corrected chi connectivity index (χ2v) is 7.94. The van der Waals surface area contributed by atoms with Gasteiger partial charge in [-0.1, -0.05) is 12.2 Å². The van der Waals surface area contributed by atoms with Gasteiger partial charge in [0.2, 0.25) is 11.8 Å². The number of nitro groups is 1. The molecule has 0 bridgehead atoms. The molecule has 0 radical (unpaired) electrons. The third kappa shape index (κ3) is 4.03. The van der Waals surface area contributed by atoms with Crippen LogP contribution in [0.25, 0.3) is 0 Å². The van der Waals surface area contributed by atoms with Crippen molar-refractivity contribution in [2.24, 2.45) is 11.8 Å². The van der Waals surface area contributed by atoms with E-state index in [9.17, 15) is 19.7 Å². The number of nitro benzene ring substituents is 1. The van der Waals surface area contributed by atoms with Crippen LogP contribution >= 0.6 is 0 Å². The van der Waals surface area contributed by atoms with E-state index >= 15 is 0 Å². The van der Waals surface area contributed by atoms with Gasteiger partial charge in [0.05, 0.1) is 16.8 Å². The fraction of sp³-hybridized carbons (Fsp3) is 0.524. The largest absolute Gasteiger partial charge is 0.369 e. The minimum absolute atomic E-state index is 0.00680. The number of benzene rings is 1. The van der Waals surface area contributed by atoms with E-state index in [1.54, 1.807) is 24.3 Å². The number of nitrogens with zero attached hydrogens (tertiary/aromatic N) is 4. The predicted molar refractivity (Wildman–Crippen MR) is 108 cm³/mol. The molecule has 154 valence electrons. The SMILES string of the molecule is O=C1C2CC=CCC2C(=O)N1CCCN1CCN(c2ccc([N+](=O)[O-])cc2)CC1. The lowest BCUT2D eigenvalue weighted by Gasteiger charge is -2.36. The average Bonchev–Trinajstić information content (AvgIpc) is 2.99. The molecule has 29 heavy (non-hydrogen) atoms. The summed E-state index contributed by atoms with van der Waals surface area (Å²) in [5, 5.41) is 10.8. The van der Waals surface area contributed by atoms with E-state index in [4.69, 9.17) is 0 Å². The van der Waals surface area contributed by atoms with Crippen LogP contribution in [0.5, 0.6) is 0 Å². The summed E-state index contributed by atoms with van der Waals surface area (Å²) < 4.78 is 0. The number of carbonyl (C=O) groups excluding carboxylic acids is 2. The van der Waals surface area contributed by atoms with Gasteiger partial charge in [-0.25, -0.2) is 0 Å². The molecule has 2 saturated heterocycles. The summed E-state index contributed by atoms with van der Waals surface area (Å²) in [4.78, 5) is 41.5. The van der Waals surface area contributed by atoms with Crippen molar-refractivity contribution >= 4 is 23.2 Å². The number of fused-ring (bicyclic) bond motifs is 1. The molecule has 8 heteroatoms. The second kappa shape index (κ2) is 8.32. The van der Waals surface area contributed by atoms with E-state index in [1.807, 2.05) is 12.2 Å². The Labute approximate surface area is 169 Å². The molecule has 0 N–H and O–H groups in total. The number of anilines is 1. The summed E-state index contributed by atoms with van der Waals surface area (Å²) in [5.41, 5.74) is 1.11. The number of rotatable bonds is 6. The fourth-order valence-corrected chi connectivity index (χ4v) is 4.56. The minimum Gasteiger partial charge on any atom is -0.369 e. The van der Waals surface area contributed by atoms with Crippen molar-refractivity contribution < 1.29 is 14.5 Å². The van der Waals surface area contributed by atoms with Crippen molar-refractivity contribution in [1.82, 2.24) is 9.80 Å². The molecule has 0 spiro atoms. The molecule has 0 aromatic heterocycles. The maximum atomic E-state index is 12.5. The topological polar surface area (TPSA) is 87.0 Å². The standard InChI is InChI=1S/C21H26N4O4/c26-20-18-4-1-2-5-19(18)21(27)24(20)11-3-10-22-12-14-23(15-13-22)16-6-8-17(9-7-16)25(28)29/h1-2,6-9,18-19H,3-5,10-15H2. The van der Waals surface area contributed by atoms with Gasteiger partial charge >= 0.3 is 0 Å². The van der Waals surface area contributed by atoms with Gasteiger partial charge in [-0.2, -0.15) is 0 Å². The smallest absolute Gasteiger partial charge is 0.269 e. The summed E-state index contributed by atoms with van der Waals surface area (Å²) in [7, 11) is 0. The fourth-order valence-electron chi connectivity index (χ4n) is 4.56. The Kier molecular flexibility index (Phi) is 5.62. The molecule has 0 saturated carbocycles. The first kappa shape index (κ1) is 19.6. The number of carbonyl (C=O) groups is 2. The lowest BCUT2D eigenvalue weighted by atomic mass is 9.85. The molecule has 2 amide bonds. The summed E-state index contributed by atoms with van der Waals surface area (Å²) >= 11 is 0. The molecule has 2 unspecified atom stereocenters. The zero-order valence-electron chi connectivity index (χ0n) is 16.4. The maximum absolute atomic E-state index is 12.5. The molecular weight excluding hydrogens is 372 g/mol. The van der Waals surface area contributed by atoms with Gasteiger partial charge in [0.25, 0.3) is 5.69 Å². The molecule has 2 atom stereocenters. The Hall–Kier alpha value is -2.74. The molecule has 1 aliphatic carbocycles. The van der Waals surface area contributed by atoms with Gasteiger partial charge in [-0.05, 0) is 37.9 Å². The van der Waals surface area contributed by atoms with Crippen LogP contribution in [0.2, 0.25) is 0 Å². The quantitative estimate of drug-likeness (QED) is 0.316. The lowest BCUT2D eigenvalue weighted by Crippen LogP contribution is -2.47. The zero-order chi connectivity index (χ0) is 20.4. The first-order valence-corrected chi connectivity index (χ1v) is 10.3. The van der Waals surface area contributed by atoms with E-state index in [-0.39, 0.29) is 34.3 Å². The molecule has 1 aromatic carbocycles. The number of piperazine rings is 1. The Morgan fingerprint density at radius 1 is 0.897 bits per heavy atom. The van der Waals surface area contributed by atoms with Crippen molar-refractivity contribution in [2.75, 3.05) is 44.2 Å². The highest BCUT2D eigenvalue weighted by atomic mass is 16.6. The van der Waals surface area contributed by atoms with Gasteiger partial charge in [0, 0.05) is 50.5 Å². The van der Waals surface area contributed by atoms with Crippen LogP contribution in [0.4, 0.5) is 11.4 Å². The second-order valence-electron chi connectivity index (χ2n) is 7.94. The number of amides is 2. The highest BCUT2D eigenvalue weighted by Crippen LogP contribution is 2.35. The number of non-ortho nitro benzene ring substituents is 1. The van der Waals surface area contributed by atoms with Gasteiger partial charge in [0.15, 0.2) is 0 Å². The predicted octanol–water partition coefficient (Wildman–Crippen LogP) is 2.06. The Bertz CT molecular complexity index is 788. The summed E-state index contributed by atoms with van der Waals surface area (Å²) in [5.74, 6) is -0.268. The number of hydrogen-bond donors (Lipinski definition) is 0. The summed E-state index contributed by atoms with van der Waals surface area (Å²) in [6, 6.07) is 6.68. The normalized spacial score (nSPS) is 24.8. The average molecular weight is 398 g/mol. The number of allylic oxidation sites excluding steroid dienone is 2. The van der Waals surface area contributed by atoms with Crippen molar-refractivity contribution in [3.63, 3.8) is 0 Å². The van der Waals surface area contributed by atoms with E-state index in [0.29, 0.717) is 19.4 Å². The molecule has 4 rings (SSSR count). The van der Waals surface area contributed by atoms with Gasteiger partial charge in [-0.3, -0.25) is 29.5 Å². The van der Waals surface area contributed by atoms with Crippen LogP contribution < -0.4 is 4.90 Å². The van der Waals surface area contributed by atoms with Crippen LogP contribution in [0.1, 0.15) is 19.3 Å². The first-order valence-electron chi connectivity index (χ1n) is 10.3. The highest BCUT2D eigenvalue weighted by Gasteiger charge is 2.46. The first-order chi connectivity index (χ1) is 14.0. The van der Waals surface area contributed by atoms with Crippen molar-refractivity contribution in [2.45, 2.75) is 19.3 Å². The number of imide groups is 1. The van der Waals surface area contributed by atoms with Gasteiger partial charge in [0.1, 0.15) is 0 Å². The van der Waals surface area contributed by atoms with Crippen molar-refractivity contribution in [3.8, 4) is 0 Å².